The van der Waals surface area contributed by atoms with Crippen LogP contribution in [0.2, 0.25) is 0 Å². The van der Waals surface area contributed by atoms with E-state index in [-0.39, 0.29) is 20.4 Å². The van der Waals surface area contributed by atoms with Gasteiger partial charge in [0.2, 0.25) is 0 Å². The minimum atomic E-state index is -5.84. The Labute approximate surface area is 62.6 Å². The average Bonchev–Trinajstić information content (AvgIpc) is 1.25. The molecule has 8 heteroatoms. The van der Waals surface area contributed by atoms with Gasteiger partial charge < -0.3 is 0 Å². The predicted octanol–water partition coefficient (Wildman–Crippen LogP) is 0.392. The third kappa shape index (κ3) is 3.86. The van der Waals surface area contributed by atoms with E-state index in [1.807, 2.05) is 0 Å². The molecule has 0 saturated carbocycles. The zero-order valence-electron chi connectivity index (χ0n) is 3.68. The number of halogens is 3. The molecule has 9 heavy (non-hydrogen) atoms. The van der Waals surface area contributed by atoms with Gasteiger partial charge in [-0.1, -0.05) is 0 Å². The Balaban J connectivity index is 0. The predicted molar refractivity (Wildman–Crippen MR) is 17.6 cm³/mol. The molecule has 0 spiro atoms. The molecule has 0 aliphatic carbocycles. The molecule has 0 amide bonds. The van der Waals surface area contributed by atoms with E-state index in [9.17, 15) is 13.2 Å². The van der Waals surface area contributed by atoms with Crippen molar-refractivity contribution in [2.75, 3.05) is 0 Å². The molecule has 1 radical (unpaired) electrons. The van der Waals surface area contributed by atoms with Crippen LogP contribution in [0.3, 0.4) is 0 Å². The first-order chi connectivity index (χ1) is 3.25. The van der Waals surface area contributed by atoms with Crippen LogP contribution in [0.5, 0.6) is 0 Å². The number of hydrogen-bond acceptors (Lipinski definition) is 2. The van der Waals surface area contributed by atoms with Gasteiger partial charge in [0, 0.05) is 20.4 Å². The summed E-state index contributed by atoms with van der Waals surface area (Å²) in [5.74, 6) is 0. The van der Waals surface area contributed by atoms with E-state index < -0.39 is 15.6 Å². The van der Waals surface area contributed by atoms with Crippen molar-refractivity contribution in [1.29, 1.82) is 0 Å². The summed E-state index contributed by atoms with van der Waals surface area (Å²) >= 11 is 0. The molecule has 0 saturated heterocycles. The fourth-order valence-corrected chi connectivity index (χ4v) is 0. The van der Waals surface area contributed by atoms with E-state index in [4.69, 9.17) is 13.0 Å². The number of hydrogen-bond donors (Lipinski definition) is 1. The second-order valence-corrected chi connectivity index (χ2v) is 2.33. The fraction of sp³-hybridized carbons (Fsp3) is 1.00. The molecule has 0 aliphatic rings. The van der Waals surface area contributed by atoms with Gasteiger partial charge in [0.25, 0.3) is 0 Å². The molecule has 0 aromatic rings. The maximum Gasteiger partial charge on any atom is 0.522 e. The largest absolute Gasteiger partial charge is 0.522 e. The molecule has 0 rings (SSSR count). The number of rotatable bonds is 0. The first kappa shape index (κ1) is 12.1. The fourth-order valence-electron chi connectivity index (χ4n) is 0. The molecule has 0 aliphatic heterocycles. The van der Waals surface area contributed by atoms with Crippen LogP contribution >= 0.6 is 0 Å². The Morgan fingerprint density at radius 1 is 1.22 bits per heavy atom. The number of alkyl halides is 3. The Kier molecular flexibility index (Phi) is 3.98. The third-order valence-electron chi connectivity index (χ3n) is 0.292. The summed E-state index contributed by atoms with van der Waals surface area (Å²) in [5.41, 5.74) is -5.53. The summed E-state index contributed by atoms with van der Waals surface area (Å²) in [6.45, 7) is 0. The van der Waals surface area contributed by atoms with E-state index in [0.29, 0.717) is 0 Å². The van der Waals surface area contributed by atoms with Crippen molar-refractivity contribution in [3.8, 4) is 0 Å². The van der Waals surface area contributed by atoms with Gasteiger partial charge in [0.1, 0.15) is 0 Å². The van der Waals surface area contributed by atoms with Crippen LogP contribution in [-0.2, 0) is 30.5 Å². The van der Waals surface area contributed by atoms with Gasteiger partial charge in [0.05, 0.1) is 0 Å². The van der Waals surface area contributed by atoms with Gasteiger partial charge >= 0.3 is 15.6 Å². The minimum Gasteiger partial charge on any atom is -0.279 e. The van der Waals surface area contributed by atoms with E-state index in [0.717, 1.165) is 0 Å². The molecular formula is CHF3O3ReS. The zero-order chi connectivity index (χ0) is 7.00. The van der Waals surface area contributed by atoms with Crippen molar-refractivity contribution in [3.63, 3.8) is 0 Å². The monoisotopic (exact) mass is 337 g/mol. The molecule has 0 unspecified atom stereocenters. The Morgan fingerprint density at radius 3 is 1.33 bits per heavy atom. The van der Waals surface area contributed by atoms with Gasteiger partial charge in [0.15, 0.2) is 0 Å². The molecular weight excluding hydrogens is 335 g/mol. The van der Waals surface area contributed by atoms with E-state index in [2.05, 4.69) is 0 Å². The molecule has 0 heterocycles. The maximum atomic E-state index is 10.7. The zero-order valence-corrected chi connectivity index (χ0v) is 7.22. The SMILES string of the molecule is O=S(=O)(O)C(F)(F)F.[Re]. The topological polar surface area (TPSA) is 54.4 Å². The maximum absolute atomic E-state index is 10.7. The van der Waals surface area contributed by atoms with Crippen molar-refractivity contribution in [3.05, 3.63) is 0 Å². The summed E-state index contributed by atoms with van der Waals surface area (Å²) in [5, 5.41) is 0. The second kappa shape index (κ2) is 2.97. The molecule has 1 N–H and O–H groups in total. The van der Waals surface area contributed by atoms with Crippen LogP contribution in [-0.4, -0.2) is 18.5 Å². The standard InChI is InChI=1S/CHF3O3S.Re/c2-1(3,4)8(5,6)7;/h(H,5,6,7);. The second-order valence-electron chi connectivity index (χ2n) is 0.921. The van der Waals surface area contributed by atoms with Gasteiger partial charge in [-0.25, -0.2) is 0 Å². The van der Waals surface area contributed by atoms with Crippen LogP contribution in [0.15, 0.2) is 0 Å². The Morgan fingerprint density at radius 2 is 1.33 bits per heavy atom. The van der Waals surface area contributed by atoms with Gasteiger partial charge in [-0.2, -0.15) is 21.6 Å². The molecule has 0 atom stereocenters. The van der Waals surface area contributed by atoms with Crippen molar-refractivity contribution < 1.29 is 46.6 Å². The summed E-state index contributed by atoms with van der Waals surface area (Å²) in [6.07, 6.45) is 0. The molecule has 0 bridgehead atoms. The quantitative estimate of drug-likeness (QED) is 0.514. The van der Waals surface area contributed by atoms with E-state index in [1.54, 1.807) is 0 Å². The molecule has 3 nitrogen and oxygen atoms in total. The van der Waals surface area contributed by atoms with Crippen LogP contribution in [0, 0.1) is 0 Å². The molecule has 57 valence electrons. The minimum absolute atomic E-state index is 0. The van der Waals surface area contributed by atoms with E-state index in [1.165, 1.54) is 0 Å². The van der Waals surface area contributed by atoms with Crippen molar-refractivity contribution in [2.45, 2.75) is 5.51 Å². The molecule has 0 aromatic carbocycles. The first-order valence-corrected chi connectivity index (χ1v) is 2.73. The van der Waals surface area contributed by atoms with Gasteiger partial charge in [-0.15, -0.1) is 0 Å². The first-order valence-electron chi connectivity index (χ1n) is 1.29. The van der Waals surface area contributed by atoms with Crippen LogP contribution in [0.1, 0.15) is 0 Å². The smallest absolute Gasteiger partial charge is 0.279 e. The van der Waals surface area contributed by atoms with E-state index >= 15 is 0 Å². The Hall–Kier alpha value is 0.362. The summed E-state index contributed by atoms with van der Waals surface area (Å²) < 4.78 is 57.5. The molecule has 0 aromatic heterocycles. The normalized spacial score (nSPS) is 12.4. The van der Waals surface area contributed by atoms with Crippen molar-refractivity contribution in [2.24, 2.45) is 0 Å². The average molecular weight is 336 g/mol. The van der Waals surface area contributed by atoms with Crippen molar-refractivity contribution in [1.82, 2.24) is 0 Å². The van der Waals surface area contributed by atoms with Gasteiger partial charge in [-0.3, -0.25) is 4.55 Å². The van der Waals surface area contributed by atoms with Gasteiger partial charge in [-0.05, 0) is 0 Å². The van der Waals surface area contributed by atoms with Crippen LogP contribution < -0.4 is 0 Å². The summed E-state index contributed by atoms with van der Waals surface area (Å²) in [6, 6.07) is 0. The van der Waals surface area contributed by atoms with Crippen molar-refractivity contribution >= 4 is 10.1 Å². The molecule has 0 fully saturated rings. The summed E-state index contributed by atoms with van der Waals surface area (Å²) in [4.78, 5) is 0. The summed E-state index contributed by atoms with van der Waals surface area (Å²) in [7, 11) is -5.84. The third-order valence-corrected chi connectivity index (χ3v) is 0.877. The van der Waals surface area contributed by atoms with Crippen LogP contribution in [0.25, 0.3) is 0 Å². The van der Waals surface area contributed by atoms with Crippen LogP contribution in [0.4, 0.5) is 13.2 Å². The Bertz CT molecular complexity index is 168.